The Morgan fingerprint density at radius 1 is 1.10 bits per heavy atom. The van der Waals surface area contributed by atoms with E-state index in [4.69, 9.17) is 0 Å². The van der Waals surface area contributed by atoms with E-state index in [0.29, 0.717) is 25.8 Å². The molecule has 1 aliphatic carbocycles. The molecule has 0 spiro atoms. The van der Waals surface area contributed by atoms with Gasteiger partial charge in [0.05, 0.1) is 5.92 Å². The van der Waals surface area contributed by atoms with Crippen molar-refractivity contribution in [1.82, 2.24) is 10.6 Å². The van der Waals surface area contributed by atoms with Crippen molar-refractivity contribution in [1.29, 1.82) is 0 Å². The molecule has 0 atom stereocenters. The van der Waals surface area contributed by atoms with Crippen LogP contribution in [0.15, 0.2) is 0 Å². The van der Waals surface area contributed by atoms with Gasteiger partial charge in [-0.1, -0.05) is 0 Å². The fraction of sp³-hybridized carbons (Fsp3) is 0.929. The van der Waals surface area contributed by atoms with Gasteiger partial charge in [0, 0.05) is 24.5 Å². The summed E-state index contributed by atoms with van der Waals surface area (Å²) in [6.45, 7) is 6.63. The van der Waals surface area contributed by atoms with Gasteiger partial charge in [0.2, 0.25) is 5.91 Å². The van der Waals surface area contributed by atoms with Crippen molar-refractivity contribution >= 4 is 5.91 Å². The minimum absolute atomic E-state index is 0.0367. The fourth-order valence-corrected chi connectivity index (χ4v) is 2.42. The first kappa shape index (κ1) is 17.3. The third kappa shape index (κ3) is 6.59. The van der Waals surface area contributed by atoms with Crippen LogP contribution in [0.5, 0.6) is 0 Å². The van der Waals surface area contributed by atoms with Gasteiger partial charge in [0.15, 0.2) is 0 Å². The zero-order valence-electron chi connectivity index (χ0n) is 12.4. The molecule has 20 heavy (non-hydrogen) atoms. The Balaban J connectivity index is 2.22. The van der Waals surface area contributed by atoms with Crippen LogP contribution >= 0.6 is 0 Å². The minimum Gasteiger partial charge on any atom is -0.353 e. The van der Waals surface area contributed by atoms with Gasteiger partial charge in [0.25, 0.3) is 0 Å². The monoisotopic (exact) mass is 294 g/mol. The highest BCUT2D eigenvalue weighted by Gasteiger charge is 2.41. The first-order chi connectivity index (χ1) is 9.08. The molecule has 3 nitrogen and oxygen atoms in total. The fourth-order valence-electron chi connectivity index (χ4n) is 2.42. The van der Waals surface area contributed by atoms with Crippen LogP contribution in [0.2, 0.25) is 0 Å². The summed E-state index contributed by atoms with van der Waals surface area (Å²) in [5.41, 5.74) is -0.0367. The summed E-state index contributed by atoms with van der Waals surface area (Å²) in [5.74, 6) is -1.28. The summed E-state index contributed by atoms with van der Waals surface area (Å²) < 4.78 is 37.5. The van der Waals surface area contributed by atoms with Gasteiger partial charge in [-0.25, -0.2) is 0 Å². The predicted octanol–water partition coefficient (Wildman–Crippen LogP) is 3.00. The lowest BCUT2D eigenvalue weighted by Gasteiger charge is -2.30. The van der Waals surface area contributed by atoms with E-state index in [1.54, 1.807) is 0 Å². The topological polar surface area (TPSA) is 41.1 Å². The molecule has 6 heteroatoms. The van der Waals surface area contributed by atoms with Gasteiger partial charge < -0.3 is 10.6 Å². The maximum atomic E-state index is 12.5. The first-order valence-corrected chi connectivity index (χ1v) is 7.19. The lowest BCUT2D eigenvalue weighted by molar-refractivity contribution is -0.182. The van der Waals surface area contributed by atoms with E-state index >= 15 is 0 Å². The number of alkyl halides is 3. The van der Waals surface area contributed by atoms with Gasteiger partial charge in [-0.15, -0.1) is 0 Å². The minimum atomic E-state index is -4.09. The summed E-state index contributed by atoms with van der Waals surface area (Å²) in [5, 5.41) is 6.04. The average Bonchev–Trinajstić information content (AvgIpc) is 2.26. The zero-order chi connectivity index (χ0) is 15.4. The highest BCUT2D eigenvalue weighted by Crippen LogP contribution is 2.37. The van der Waals surface area contributed by atoms with Crippen LogP contribution in [0.25, 0.3) is 0 Å². The van der Waals surface area contributed by atoms with E-state index in [9.17, 15) is 18.0 Å². The second-order valence-electron chi connectivity index (χ2n) is 6.58. The highest BCUT2D eigenvalue weighted by molar-refractivity contribution is 5.76. The molecule has 0 unspecified atom stereocenters. The maximum Gasteiger partial charge on any atom is 0.391 e. The van der Waals surface area contributed by atoms with Crippen molar-refractivity contribution in [3.8, 4) is 0 Å². The number of nitrogens with one attached hydrogen (secondary N) is 2. The SMILES string of the molecule is CC(C)(C)NCCC(=O)NC1CCC(C(F)(F)F)CC1. The maximum absolute atomic E-state index is 12.5. The van der Waals surface area contributed by atoms with E-state index in [1.807, 2.05) is 20.8 Å². The van der Waals surface area contributed by atoms with Crippen molar-refractivity contribution in [3.05, 3.63) is 0 Å². The highest BCUT2D eigenvalue weighted by atomic mass is 19.4. The molecule has 1 aliphatic rings. The molecule has 2 N–H and O–H groups in total. The normalized spacial score (nSPS) is 24.5. The molecule has 1 rings (SSSR count). The van der Waals surface area contributed by atoms with Gasteiger partial charge in [0.1, 0.15) is 0 Å². The lowest BCUT2D eigenvalue weighted by atomic mass is 9.85. The zero-order valence-corrected chi connectivity index (χ0v) is 12.4. The molecule has 0 bridgehead atoms. The summed E-state index contributed by atoms with van der Waals surface area (Å²) in [6, 6.07) is -0.101. The summed E-state index contributed by atoms with van der Waals surface area (Å²) in [7, 11) is 0. The summed E-state index contributed by atoms with van der Waals surface area (Å²) in [6.07, 6.45) is -2.66. The molecule has 1 amide bonds. The molecule has 0 heterocycles. The third-order valence-corrected chi connectivity index (χ3v) is 3.56. The second-order valence-corrected chi connectivity index (χ2v) is 6.58. The molecule has 0 saturated heterocycles. The van der Waals surface area contributed by atoms with Crippen LogP contribution in [0.1, 0.15) is 52.9 Å². The van der Waals surface area contributed by atoms with Crippen LogP contribution < -0.4 is 10.6 Å². The molecule has 118 valence electrons. The second kappa shape index (κ2) is 6.78. The number of amides is 1. The van der Waals surface area contributed by atoms with Crippen LogP contribution in [0.3, 0.4) is 0 Å². The number of hydrogen-bond donors (Lipinski definition) is 2. The number of carbonyl (C=O) groups excluding carboxylic acids is 1. The van der Waals surface area contributed by atoms with E-state index in [0.717, 1.165) is 0 Å². The van der Waals surface area contributed by atoms with E-state index in [1.165, 1.54) is 0 Å². The van der Waals surface area contributed by atoms with E-state index in [2.05, 4.69) is 10.6 Å². The van der Waals surface area contributed by atoms with Crippen LogP contribution in [-0.2, 0) is 4.79 Å². The molecular weight excluding hydrogens is 269 g/mol. The van der Waals surface area contributed by atoms with Crippen molar-refractivity contribution < 1.29 is 18.0 Å². The predicted molar refractivity (Wildman–Crippen MR) is 72.3 cm³/mol. The molecule has 0 radical (unpaired) electrons. The Labute approximate surface area is 118 Å². The molecule has 0 aromatic carbocycles. The summed E-state index contributed by atoms with van der Waals surface area (Å²) in [4.78, 5) is 11.7. The van der Waals surface area contributed by atoms with Gasteiger partial charge in [-0.05, 0) is 46.5 Å². The van der Waals surface area contributed by atoms with E-state index < -0.39 is 12.1 Å². The van der Waals surface area contributed by atoms with Crippen molar-refractivity contribution in [2.75, 3.05) is 6.54 Å². The smallest absolute Gasteiger partial charge is 0.353 e. The Hall–Kier alpha value is -0.780. The average molecular weight is 294 g/mol. The van der Waals surface area contributed by atoms with Crippen LogP contribution in [-0.4, -0.2) is 30.2 Å². The van der Waals surface area contributed by atoms with Crippen molar-refractivity contribution in [2.45, 2.75) is 70.6 Å². The number of rotatable bonds is 4. The lowest BCUT2D eigenvalue weighted by Crippen LogP contribution is -2.42. The number of halogens is 3. The van der Waals surface area contributed by atoms with Gasteiger partial charge in [-0.3, -0.25) is 4.79 Å². The molecule has 0 aromatic heterocycles. The van der Waals surface area contributed by atoms with Crippen molar-refractivity contribution in [3.63, 3.8) is 0 Å². The molecule has 0 aromatic rings. The number of carbonyl (C=O) groups is 1. The standard InChI is InChI=1S/C14H25F3N2O/c1-13(2,3)18-9-8-12(20)19-11-6-4-10(5-7-11)14(15,16)17/h10-11,18H,4-9H2,1-3H3,(H,19,20). The van der Waals surface area contributed by atoms with Gasteiger partial charge in [-0.2, -0.15) is 13.2 Å². The van der Waals surface area contributed by atoms with Crippen LogP contribution in [0.4, 0.5) is 13.2 Å². The number of hydrogen-bond acceptors (Lipinski definition) is 2. The molecule has 1 saturated carbocycles. The Kier molecular flexibility index (Phi) is 5.86. The van der Waals surface area contributed by atoms with E-state index in [-0.39, 0.29) is 30.3 Å². The van der Waals surface area contributed by atoms with Crippen LogP contribution in [0, 0.1) is 5.92 Å². The largest absolute Gasteiger partial charge is 0.391 e. The summed E-state index contributed by atoms with van der Waals surface area (Å²) >= 11 is 0. The van der Waals surface area contributed by atoms with Crippen molar-refractivity contribution in [2.24, 2.45) is 5.92 Å². The quantitative estimate of drug-likeness (QED) is 0.837. The Morgan fingerprint density at radius 3 is 2.10 bits per heavy atom. The molecule has 1 fully saturated rings. The Bertz CT molecular complexity index is 315. The first-order valence-electron chi connectivity index (χ1n) is 7.19. The van der Waals surface area contributed by atoms with Gasteiger partial charge >= 0.3 is 6.18 Å². The molecular formula is C14H25F3N2O. The third-order valence-electron chi connectivity index (χ3n) is 3.56. The Morgan fingerprint density at radius 2 is 1.65 bits per heavy atom. The molecule has 0 aliphatic heterocycles.